The number of aryl methyl sites for hydroxylation is 1. The number of hydrogen-bond acceptors (Lipinski definition) is 5. The SMILES string of the molecule is Cc1nc(C#N)cnc1[C@H](C)NC(=O)CN1C(=O)Nc2ccc(F)cc2C12CC2. The van der Waals surface area contributed by atoms with E-state index in [1.54, 1.807) is 19.9 Å². The molecule has 1 saturated carbocycles. The third-order valence-corrected chi connectivity index (χ3v) is 5.40. The molecule has 1 spiro atoms. The minimum absolute atomic E-state index is 0.158. The number of anilines is 1. The number of aromatic nitrogens is 2. The maximum Gasteiger partial charge on any atom is 0.323 e. The fourth-order valence-electron chi connectivity index (χ4n) is 3.88. The van der Waals surface area contributed by atoms with Crippen LogP contribution < -0.4 is 10.6 Å². The van der Waals surface area contributed by atoms with Gasteiger partial charge in [-0.2, -0.15) is 5.26 Å². The second-order valence-electron chi connectivity index (χ2n) is 7.36. The minimum atomic E-state index is -0.634. The Bertz CT molecular complexity index is 1060. The summed E-state index contributed by atoms with van der Waals surface area (Å²) >= 11 is 0. The molecular formula is C20H19FN6O2. The third-order valence-electron chi connectivity index (χ3n) is 5.40. The predicted molar refractivity (Wildman–Crippen MR) is 101 cm³/mol. The molecule has 1 aromatic carbocycles. The second-order valence-corrected chi connectivity index (χ2v) is 7.36. The highest BCUT2D eigenvalue weighted by atomic mass is 19.1. The van der Waals surface area contributed by atoms with Gasteiger partial charge in [0.1, 0.15) is 18.4 Å². The van der Waals surface area contributed by atoms with Crippen molar-refractivity contribution < 1.29 is 14.0 Å². The Labute approximate surface area is 166 Å². The van der Waals surface area contributed by atoms with Crippen molar-refractivity contribution in [2.24, 2.45) is 0 Å². The van der Waals surface area contributed by atoms with Crippen LogP contribution in [0.1, 0.15) is 48.5 Å². The normalized spacial score (nSPS) is 17.2. The highest BCUT2D eigenvalue weighted by Crippen LogP contribution is 2.55. The van der Waals surface area contributed by atoms with Gasteiger partial charge in [-0.1, -0.05) is 0 Å². The van der Waals surface area contributed by atoms with Crippen LogP contribution in [0.2, 0.25) is 0 Å². The van der Waals surface area contributed by atoms with Gasteiger partial charge in [0, 0.05) is 11.3 Å². The molecule has 0 radical (unpaired) electrons. The number of hydrogen-bond donors (Lipinski definition) is 2. The number of rotatable bonds is 4. The largest absolute Gasteiger partial charge is 0.346 e. The molecule has 9 heteroatoms. The molecule has 2 aromatic rings. The number of halogens is 1. The van der Waals surface area contributed by atoms with Gasteiger partial charge in [0.2, 0.25) is 5.91 Å². The van der Waals surface area contributed by atoms with Gasteiger partial charge < -0.3 is 15.5 Å². The number of benzene rings is 1. The van der Waals surface area contributed by atoms with Crippen molar-refractivity contribution in [3.8, 4) is 6.07 Å². The summed E-state index contributed by atoms with van der Waals surface area (Å²) < 4.78 is 13.8. The van der Waals surface area contributed by atoms with Crippen molar-refractivity contribution >= 4 is 17.6 Å². The number of fused-ring (bicyclic) bond motifs is 2. The van der Waals surface area contributed by atoms with Crippen LogP contribution in [0.4, 0.5) is 14.9 Å². The van der Waals surface area contributed by atoms with E-state index < -0.39 is 11.6 Å². The zero-order valence-electron chi connectivity index (χ0n) is 16.0. The molecule has 148 valence electrons. The lowest BCUT2D eigenvalue weighted by Gasteiger charge is -2.37. The Morgan fingerprint density at radius 3 is 2.90 bits per heavy atom. The third kappa shape index (κ3) is 3.27. The Morgan fingerprint density at radius 1 is 1.48 bits per heavy atom. The van der Waals surface area contributed by atoms with E-state index in [1.165, 1.54) is 23.2 Å². The van der Waals surface area contributed by atoms with Gasteiger partial charge in [0.05, 0.1) is 29.2 Å². The average Bonchev–Trinajstić information content (AvgIpc) is 3.47. The molecule has 0 bridgehead atoms. The first-order chi connectivity index (χ1) is 13.8. The number of nitriles is 1. The topological polar surface area (TPSA) is 111 Å². The van der Waals surface area contributed by atoms with E-state index in [9.17, 15) is 14.0 Å². The van der Waals surface area contributed by atoms with E-state index in [-0.39, 0.29) is 30.0 Å². The van der Waals surface area contributed by atoms with Crippen molar-refractivity contribution in [3.63, 3.8) is 0 Å². The van der Waals surface area contributed by atoms with Crippen LogP contribution in [0.3, 0.4) is 0 Å². The van der Waals surface area contributed by atoms with Gasteiger partial charge in [0.25, 0.3) is 0 Å². The first kappa shape index (κ1) is 18.8. The maximum absolute atomic E-state index is 13.8. The van der Waals surface area contributed by atoms with Crippen molar-refractivity contribution in [1.29, 1.82) is 5.26 Å². The quantitative estimate of drug-likeness (QED) is 0.828. The van der Waals surface area contributed by atoms with Crippen LogP contribution in [0.15, 0.2) is 24.4 Å². The number of urea groups is 1. The molecule has 1 aliphatic carbocycles. The Morgan fingerprint density at radius 2 is 2.24 bits per heavy atom. The molecular weight excluding hydrogens is 375 g/mol. The first-order valence-corrected chi connectivity index (χ1v) is 9.26. The Balaban J connectivity index is 1.50. The highest BCUT2D eigenvalue weighted by molar-refractivity contribution is 5.97. The smallest absolute Gasteiger partial charge is 0.323 e. The molecule has 0 saturated heterocycles. The van der Waals surface area contributed by atoms with Crippen LogP contribution in [0.5, 0.6) is 0 Å². The fourth-order valence-corrected chi connectivity index (χ4v) is 3.88. The minimum Gasteiger partial charge on any atom is -0.346 e. The molecule has 2 heterocycles. The molecule has 1 aliphatic heterocycles. The van der Waals surface area contributed by atoms with Gasteiger partial charge in [-0.3, -0.25) is 9.78 Å². The van der Waals surface area contributed by atoms with E-state index in [0.717, 1.165) is 0 Å². The standard InChI is InChI=1S/C20H19FN6O2/c1-11-18(23-9-14(8-22)24-11)12(2)25-17(28)10-27-19(29)26-16-4-3-13(21)7-15(16)20(27)5-6-20/h3-4,7,9,12H,5-6,10H2,1-2H3,(H,25,28)(H,26,29)/t12-/m0/s1. The van der Waals surface area contributed by atoms with E-state index in [1.807, 2.05) is 6.07 Å². The van der Waals surface area contributed by atoms with Crippen molar-refractivity contribution in [3.05, 3.63) is 52.9 Å². The van der Waals surface area contributed by atoms with E-state index in [2.05, 4.69) is 20.6 Å². The fraction of sp³-hybridized carbons (Fsp3) is 0.350. The molecule has 1 fully saturated rings. The molecule has 29 heavy (non-hydrogen) atoms. The number of nitrogens with zero attached hydrogens (tertiary/aromatic N) is 4. The summed E-state index contributed by atoms with van der Waals surface area (Å²) in [7, 11) is 0. The summed E-state index contributed by atoms with van der Waals surface area (Å²) in [6, 6.07) is 5.38. The molecule has 1 aromatic heterocycles. The van der Waals surface area contributed by atoms with Crippen molar-refractivity contribution in [2.75, 3.05) is 11.9 Å². The van der Waals surface area contributed by atoms with Crippen molar-refractivity contribution in [2.45, 2.75) is 38.3 Å². The maximum atomic E-state index is 13.8. The molecule has 1 atom stereocenters. The number of carbonyl (C=O) groups excluding carboxylic acids is 2. The summed E-state index contributed by atoms with van der Waals surface area (Å²) in [5.74, 6) is -0.733. The monoisotopic (exact) mass is 394 g/mol. The highest BCUT2D eigenvalue weighted by Gasteiger charge is 2.55. The molecule has 0 unspecified atom stereocenters. The molecule has 3 amide bonds. The van der Waals surface area contributed by atoms with Gasteiger partial charge in [-0.05, 0) is 44.9 Å². The van der Waals surface area contributed by atoms with E-state index in [0.29, 0.717) is 35.5 Å². The van der Waals surface area contributed by atoms with Crippen LogP contribution in [-0.2, 0) is 10.3 Å². The lowest BCUT2D eigenvalue weighted by Crippen LogP contribution is -2.51. The van der Waals surface area contributed by atoms with Crippen molar-refractivity contribution in [1.82, 2.24) is 20.2 Å². The van der Waals surface area contributed by atoms with Gasteiger partial charge in [-0.15, -0.1) is 0 Å². The summed E-state index contributed by atoms with van der Waals surface area (Å²) in [6.45, 7) is 3.32. The van der Waals surface area contributed by atoms with Gasteiger partial charge in [0.15, 0.2) is 5.69 Å². The second kappa shape index (κ2) is 6.81. The number of nitrogens with one attached hydrogen (secondary N) is 2. The Hall–Kier alpha value is -3.54. The molecule has 2 N–H and O–H groups in total. The first-order valence-electron chi connectivity index (χ1n) is 9.26. The van der Waals surface area contributed by atoms with E-state index in [4.69, 9.17) is 5.26 Å². The van der Waals surface area contributed by atoms with Crippen LogP contribution in [0.25, 0.3) is 0 Å². The summed E-state index contributed by atoms with van der Waals surface area (Å²) in [4.78, 5) is 35.1. The molecule has 2 aliphatic rings. The lowest BCUT2D eigenvalue weighted by atomic mass is 9.98. The van der Waals surface area contributed by atoms with Crippen LogP contribution >= 0.6 is 0 Å². The summed E-state index contributed by atoms with van der Waals surface area (Å²) in [5, 5.41) is 14.5. The average molecular weight is 394 g/mol. The zero-order valence-corrected chi connectivity index (χ0v) is 16.0. The molecule has 4 rings (SSSR count). The van der Waals surface area contributed by atoms with Gasteiger partial charge in [-0.25, -0.2) is 14.2 Å². The zero-order chi connectivity index (χ0) is 20.8. The van der Waals surface area contributed by atoms with Crippen LogP contribution in [0, 0.1) is 24.1 Å². The number of carbonyl (C=O) groups is 2. The van der Waals surface area contributed by atoms with E-state index >= 15 is 0 Å². The Kier molecular flexibility index (Phi) is 4.42. The summed E-state index contributed by atoms with van der Waals surface area (Å²) in [6.07, 6.45) is 2.72. The summed E-state index contributed by atoms with van der Waals surface area (Å²) in [5.41, 5.74) is 1.96. The van der Waals surface area contributed by atoms with Gasteiger partial charge >= 0.3 is 6.03 Å². The number of amides is 3. The van der Waals surface area contributed by atoms with Crippen LogP contribution in [-0.4, -0.2) is 33.4 Å². The predicted octanol–water partition coefficient (Wildman–Crippen LogP) is 2.51. The lowest BCUT2D eigenvalue weighted by molar-refractivity contribution is -0.123. The molecule has 8 nitrogen and oxygen atoms in total.